The summed E-state index contributed by atoms with van der Waals surface area (Å²) in [5.74, 6) is 1.73. The summed E-state index contributed by atoms with van der Waals surface area (Å²) in [5, 5.41) is 6.45. The molecule has 0 saturated carbocycles. The van der Waals surface area contributed by atoms with Crippen molar-refractivity contribution < 1.29 is 8.83 Å². The van der Waals surface area contributed by atoms with E-state index in [2.05, 4.69) is 102 Å². The molecule has 0 atom stereocenters. The zero-order chi connectivity index (χ0) is 33.5. The summed E-state index contributed by atoms with van der Waals surface area (Å²) in [7, 11) is 0. The van der Waals surface area contributed by atoms with Crippen LogP contribution in [0.2, 0.25) is 0 Å². The molecule has 0 spiro atoms. The summed E-state index contributed by atoms with van der Waals surface area (Å²) in [6.45, 7) is 0. The summed E-state index contributed by atoms with van der Waals surface area (Å²) in [6.07, 6.45) is 0. The molecule has 0 unspecified atom stereocenters. The summed E-state index contributed by atoms with van der Waals surface area (Å²) in [5.41, 5.74) is 9.27. The standard InChI is InChI=1S/C45H26N4O2/c1-5-17-35-29(11-1)30-12-2-6-18-36(30)49(35)28-25-23-27(24-26-28)43-46-44(33-15-9-21-39-41(33)31-13-3-7-19-37(31)50-39)48-45(47-43)34-16-10-22-40-42(34)32-14-4-8-20-38(32)51-40/h1-26H. The molecule has 0 fully saturated rings. The van der Waals surface area contributed by atoms with Crippen molar-refractivity contribution in [2.75, 3.05) is 0 Å². The van der Waals surface area contributed by atoms with E-state index in [1.165, 1.54) is 10.8 Å². The lowest BCUT2D eigenvalue weighted by molar-refractivity contribution is 0.668. The molecule has 6 nitrogen and oxygen atoms in total. The van der Waals surface area contributed by atoms with Crippen molar-refractivity contribution in [2.24, 2.45) is 0 Å². The van der Waals surface area contributed by atoms with Crippen molar-refractivity contribution in [3.8, 4) is 39.9 Å². The van der Waals surface area contributed by atoms with Gasteiger partial charge in [-0.25, -0.2) is 15.0 Å². The van der Waals surface area contributed by atoms with Crippen LogP contribution < -0.4 is 0 Å². The van der Waals surface area contributed by atoms with Crippen molar-refractivity contribution in [3.05, 3.63) is 158 Å². The second kappa shape index (κ2) is 10.7. The summed E-state index contributed by atoms with van der Waals surface area (Å²) < 4.78 is 14.8. The minimum absolute atomic E-state index is 0.573. The van der Waals surface area contributed by atoms with E-state index in [0.717, 1.165) is 77.3 Å². The van der Waals surface area contributed by atoms with Crippen LogP contribution in [0.15, 0.2) is 167 Å². The Hall–Kier alpha value is -7.05. The maximum Gasteiger partial charge on any atom is 0.164 e. The monoisotopic (exact) mass is 654 g/mol. The fraction of sp³-hybridized carbons (Fsp3) is 0. The highest BCUT2D eigenvalue weighted by molar-refractivity contribution is 6.13. The molecule has 11 rings (SSSR count). The lowest BCUT2D eigenvalue weighted by Crippen LogP contribution is -2.01. The highest BCUT2D eigenvalue weighted by Gasteiger charge is 2.20. The van der Waals surface area contributed by atoms with Crippen LogP contribution in [-0.4, -0.2) is 19.5 Å². The van der Waals surface area contributed by atoms with Crippen LogP contribution in [0, 0.1) is 0 Å². The first-order valence-electron chi connectivity index (χ1n) is 16.9. The Labute approximate surface area is 290 Å². The lowest BCUT2D eigenvalue weighted by Gasteiger charge is -2.11. The molecule has 11 aromatic rings. The third-order valence-electron chi connectivity index (χ3n) is 9.89. The van der Waals surface area contributed by atoms with Crippen LogP contribution in [0.5, 0.6) is 0 Å². The van der Waals surface area contributed by atoms with Gasteiger partial charge in [0.25, 0.3) is 0 Å². The van der Waals surface area contributed by atoms with Gasteiger partial charge in [-0.3, -0.25) is 0 Å². The molecule has 4 heterocycles. The van der Waals surface area contributed by atoms with Gasteiger partial charge in [0.2, 0.25) is 0 Å². The van der Waals surface area contributed by atoms with Gasteiger partial charge in [-0.2, -0.15) is 0 Å². The van der Waals surface area contributed by atoms with Crippen LogP contribution in [0.4, 0.5) is 0 Å². The van der Waals surface area contributed by atoms with Crippen LogP contribution >= 0.6 is 0 Å². The number of benzene rings is 7. The summed E-state index contributed by atoms with van der Waals surface area (Å²) in [6, 6.07) is 53.9. The average Bonchev–Trinajstić information content (AvgIpc) is 3.87. The Bertz CT molecular complexity index is 2960. The number of nitrogens with zero attached hydrogens (tertiary/aromatic N) is 4. The SMILES string of the molecule is c1ccc2c(c1)oc1cccc(-c3nc(-c4ccc(-n5c6ccccc6c6ccccc65)cc4)nc(-c4cccc5oc6ccccc6c45)n3)c12. The van der Waals surface area contributed by atoms with Gasteiger partial charge in [-0.05, 0) is 60.7 Å². The molecular formula is C45H26N4O2. The predicted molar refractivity (Wildman–Crippen MR) is 205 cm³/mol. The molecule has 0 N–H and O–H groups in total. The minimum Gasteiger partial charge on any atom is -0.456 e. The molecule has 7 aromatic carbocycles. The Balaban J connectivity index is 1.14. The second-order valence-electron chi connectivity index (χ2n) is 12.8. The van der Waals surface area contributed by atoms with Gasteiger partial charge in [0.1, 0.15) is 22.3 Å². The second-order valence-corrected chi connectivity index (χ2v) is 12.8. The van der Waals surface area contributed by atoms with Gasteiger partial charge < -0.3 is 13.4 Å². The highest BCUT2D eigenvalue weighted by Crippen LogP contribution is 2.39. The van der Waals surface area contributed by atoms with Gasteiger partial charge in [0.15, 0.2) is 17.5 Å². The van der Waals surface area contributed by atoms with E-state index in [1.54, 1.807) is 0 Å². The van der Waals surface area contributed by atoms with Crippen LogP contribution in [0.1, 0.15) is 0 Å². The molecule has 4 aromatic heterocycles. The third-order valence-corrected chi connectivity index (χ3v) is 9.89. The van der Waals surface area contributed by atoms with Crippen molar-refractivity contribution in [1.82, 2.24) is 19.5 Å². The van der Waals surface area contributed by atoms with E-state index < -0.39 is 0 Å². The first-order chi connectivity index (χ1) is 25.3. The normalized spacial score (nSPS) is 11.9. The Kier molecular flexibility index (Phi) is 5.86. The molecule has 0 amide bonds. The van der Waals surface area contributed by atoms with Crippen LogP contribution in [0.3, 0.4) is 0 Å². The predicted octanol–water partition coefficient (Wildman–Crippen LogP) is 11.8. The summed E-state index contributed by atoms with van der Waals surface area (Å²) >= 11 is 0. The van der Waals surface area contributed by atoms with Crippen molar-refractivity contribution >= 4 is 65.7 Å². The van der Waals surface area contributed by atoms with E-state index in [4.69, 9.17) is 23.8 Å². The summed E-state index contributed by atoms with van der Waals surface area (Å²) in [4.78, 5) is 15.5. The molecule has 0 radical (unpaired) electrons. The van der Waals surface area contributed by atoms with Gasteiger partial charge in [-0.1, -0.05) is 97.1 Å². The zero-order valence-corrected chi connectivity index (χ0v) is 27.1. The number of para-hydroxylation sites is 4. The molecule has 238 valence electrons. The molecular weight excluding hydrogens is 629 g/mol. The van der Waals surface area contributed by atoms with Gasteiger partial charge in [0.05, 0.1) is 11.0 Å². The van der Waals surface area contributed by atoms with Crippen molar-refractivity contribution in [1.29, 1.82) is 0 Å². The first-order valence-corrected chi connectivity index (χ1v) is 16.9. The molecule has 6 heteroatoms. The lowest BCUT2D eigenvalue weighted by atomic mass is 10.0. The number of aromatic nitrogens is 4. The van der Waals surface area contributed by atoms with Crippen molar-refractivity contribution in [3.63, 3.8) is 0 Å². The van der Waals surface area contributed by atoms with E-state index in [0.29, 0.717) is 17.5 Å². The number of hydrogen-bond acceptors (Lipinski definition) is 5. The van der Waals surface area contributed by atoms with Crippen LogP contribution in [-0.2, 0) is 0 Å². The molecule has 0 bridgehead atoms. The Morgan fingerprint density at radius 1 is 0.353 bits per heavy atom. The smallest absolute Gasteiger partial charge is 0.164 e. The highest BCUT2D eigenvalue weighted by atomic mass is 16.3. The number of hydrogen-bond donors (Lipinski definition) is 0. The third kappa shape index (κ3) is 4.20. The van der Waals surface area contributed by atoms with Crippen LogP contribution in [0.25, 0.3) is 106 Å². The Morgan fingerprint density at radius 2 is 0.784 bits per heavy atom. The molecule has 51 heavy (non-hydrogen) atoms. The number of furan rings is 2. The van der Waals surface area contributed by atoms with E-state index >= 15 is 0 Å². The minimum atomic E-state index is 0.573. The fourth-order valence-electron chi connectivity index (χ4n) is 7.63. The molecule has 0 saturated heterocycles. The van der Waals surface area contributed by atoms with E-state index in [-0.39, 0.29) is 0 Å². The largest absolute Gasteiger partial charge is 0.456 e. The van der Waals surface area contributed by atoms with E-state index in [1.807, 2.05) is 60.7 Å². The maximum atomic E-state index is 6.26. The maximum absolute atomic E-state index is 6.26. The van der Waals surface area contributed by atoms with Gasteiger partial charge in [0, 0.05) is 54.7 Å². The first kappa shape index (κ1) is 27.9. The fourth-order valence-corrected chi connectivity index (χ4v) is 7.63. The number of fused-ring (bicyclic) bond motifs is 9. The average molecular weight is 655 g/mol. The van der Waals surface area contributed by atoms with Crippen molar-refractivity contribution in [2.45, 2.75) is 0 Å². The quantitative estimate of drug-likeness (QED) is 0.189. The number of rotatable bonds is 4. The van der Waals surface area contributed by atoms with E-state index in [9.17, 15) is 0 Å². The molecule has 0 aliphatic carbocycles. The Morgan fingerprint density at radius 3 is 1.31 bits per heavy atom. The topological polar surface area (TPSA) is 69.9 Å². The molecule has 0 aliphatic heterocycles. The van der Waals surface area contributed by atoms with Gasteiger partial charge >= 0.3 is 0 Å². The van der Waals surface area contributed by atoms with Gasteiger partial charge in [-0.15, -0.1) is 0 Å². The molecule has 0 aliphatic rings. The zero-order valence-electron chi connectivity index (χ0n) is 27.1.